The Labute approximate surface area is 117 Å². The van der Waals surface area contributed by atoms with Crippen molar-refractivity contribution in [2.24, 2.45) is 0 Å². The molecular weight excluding hydrogens is 240 g/mol. The summed E-state index contributed by atoms with van der Waals surface area (Å²) in [5.74, 6) is 0.143. The van der Waals surface area contributed by atoms with E-state index in [0.29, 0.717) is 0 Å². The molecule has 0 aromatic heterocycles. The quantitative estimate of drug-likeness (QED) is 0.687. The second kappa shape index (κ2) is 10.2. The van der Waals surface area contributed by atoms with Crippen LogP contribution in [0.1, 0.15) is 52.4 Å². The summed E-state index contributed by atoms with van der Waals surface area (Å²) in [5.41, 5.74) is 0. The zero-order valence-corrected chi connectivity index (χ0v) is 12.6. The lowest BCUT2D eigenvalue weighted by Crippen LogP contribution is -2.37. The van der Waals surface area contributed by atoms with Crippen molar-refractivity contribution in [3.8, 4) is 0 Å². The van der Waals surface area contributed by atoms with Gasteiger partial charge in [0.15, 0.2) is 0 Å². The van der Waals surface area contributed by atoms with E-state index in [1.807, 2.05) is 4.90 Å². The first kappa shape index (κ1) is 16.4. The van der Waals surface area contributed by atoms with Crippen molar-refractivity contribution in [2.45, 2.75) is 58.5 Å². The number of nitrogens with zero attached hydrogens (tertiary/aromatic N) is 1. The predicted octanol–water partition coefficient (Wildman–Crippen LogP) is 2.18. The van der Waals surface area contributed by atoms with Gasteiger partial charge in [0.1, 0.15) is 6.61 Å². The second-order valence-electron chi connectivity index (χ2n) is 5.46. The molecule has 4 nitrogen and oxygen atoms in total. The summed E-state index contributed by atoms with van der Waals surface area (Å²) in [6, 6.07) is 0. The molecule has 1 saturated heterocycles. The number of amides is 1. The summed E-state index contributed by atoms with van der Waals surface area (Å²) < 4.78 is 5.67. The highest BCUT2D eigenvalue weighted by atomic mass is 16.5. The maximum atomic E-state index is 12.0. The Morgan fingerprint density at radius 3 is 2.89 bits per heavy atom. The van der Waals surface area contributed by atoms with Crippen molar-refractivity contribution in [1.82, 2.24) is 10.2 Å². The van der Waals surface area contributed by atoms with E-state index in [0.717, 1.165) is 39.0 Å². The van der Waals surface area contributed by atoms with Crippen LogP contribution in [0.3, 0.4) is 0 Å². The third kappa shape index (κ3) is 7.53. The van der Waals surface area contributed by atoms with Crippen molar-refractivity contribution in [3.05, 3.63) is 0 Å². The van der Waals surface area contributed by atoms with Crippen molar-refractivity contribution >= 4 is 5.91 Å². The molecule has 1 aliphatic heterocycles. The van der Waals surface area contributed by atoms with E-state index >= 15 is 0 Å². The SMILES string of the molecule is CCCCCCC(C)OCC(=O)N1CCCNCC1. The fourth-order valence-electron chi connectivity index (χ4n) is 2.34. The smallest absolute Gasteiger partial charge is 0.248 e. The Hall–Kier alpha value is -0.610. The number of nitrogens with one attached hydrogen (secondary N) is 1. The summed E-state index contributed by atoms with van der Waals surface area (Å²) in [6.45, 7) is 8.12. The molecule has 0 aromatic carbocycles. The molecule has 4 heteroatoms. The molecule has 1 heterocycles. The molecule has 1 atom stereocenters. The van der Waals surface area contributed by atoms with Gasteiger partial charge in [-0.05, 0) is 26.3 Å². The molecule has 112 valence electrons. The van der Waals surface area contributed by atoms with Crippen molar-refractivity contribution < 1.29 is 9.53 Å². The summed E-state index contributed by atoms with van der Waals surface area (Å²) in [4.78, 5) is 13.9. The maximum absolute atomic E-state index is 12.0. The molecule has 1 unspecified atom stereocenters. The second-order valence-corrected chi connectivity index (χ2v) is 5.46. The molecule has 1 aliphatic rings. The Kier molecular flexibility index (Phi) is 8.84. The fourth-order valence-corrected chi connectivity index (χ4v) is 2.34. The lowest BCUT2D eigenvalue weighted by atomic mass is 10.1. The third-order valence-electron chi connectivity index (χ3n) is 3.65. The summed E-state index contributed by atoms with van der Waals surface area (Å²) >= 11 is 0. The lowest BCUT2D eigenvalue weighted by molar-refractivity contribution is -0.137. The largest absolute Gasteiger partial charge is 0.369 e. The Balaban J connectivity index is 2.10. The third-order valence-corrected chi connectivity index (χ3v) is 3.65. The van der Waals surface area contributed by atoms with Crippen LogP contribution in [0.5, 0.6) is 0 Å². The molecule has 1 amide bonds. The zero-order chi connectivity index (χ0) is 13.9. The lowest BCUT2D eigenvalue weighted by Gasteiger charge is -2.21. The minimum absolute atomic E-state index is 0.143. The van der Waals surface area contributed by atoms with E-state index in [-0.39, 0.29) is 18.6 Å². The number of carbonyl (C=O) groups is 1. The number of unbranched alkanes of at least 4 members (excludes halogenated alkanes) is 3. The van der Waals surface area contributed by atoms with Crippen molar-refractivity contribution in [2.75, 3.05) is 32.8 Å². The summed E-state index contributed by atoms with van der Waals surface area (Å²) in [6.07, 6.45) is 7.34. The van der Waals surface area contributed by atoms with Gasteiger partial charge >= 0.3 is 0 Å². The first-order valence-electron chi connectivity index (χ1n) is 7.84. The van der Waals surface area contributed by atoms with Crippen LogP contribution < -0.4 is 5.32 Å². The molecule has 1 N–H and O–H groups in total. The molecule has 0 aromatic rings. The molecule has 0 spiro atoms. The molecule has 0 saturated carbocycles. The molecule has 19 heavy (non-hydrogen) atoms. The van der Waals surface area contributed by atoms with Gasteiger partial charge in [-0.25, -0.2) is 0 Å². The molecule has 1 fully saturated rings. The molecular formula is C15H30N2O2. The molecule has 0 radical (unpaired) electrons. The zero-order valence-electron chi connectivity index (χ0n) is 12.6. The van der Waals surface area contributed by atoms with Crippen LogP contribution in [0.2, 0.25) is 0 Å². The van der Waals surface area contributed by atoms with E-state index in [4.69, 9.17) is 4.74 Å². The van der Waals surface area contributed by atoms with Gasteiger partial charge in [-0.15, -0.1) is 0 Å². The summed E-state index contributed by atoms with van der Waals surface area (Å²) in [7, 11) is 0. The van der Waals surface area contributed by atoms with Gasteiger partial charge in [-0.3, -0.25) is 4.79 Å². The molecule has 0 aliphatic carbocycles. The van der Waals surface area contributed by atoms with Crippen molar-refractivity contribution in [1.29, 1.82) is 0 Å². The van der Waals surface area contributed by atoms with Gasteiger partial charge in [-0.2, -0.15) is 0 Å². The minimum atomic E-state index is 0.143. The van der Waals surface area contributed by atoms with Gasteiger partial charge in [0.2, 0.25) is 5.91 Å². The van der Waals surface area contributed by atoms with Gasteiger partial charge in [0, 0.05) is 19.6 Å². The van der Waals surface area contributed by atoms with Crippen LogP contribution in [0, 0.1) is 0 Å². The van der Waals surface area contributed by atoms with Crippen LogP contribution in [0.15, 0.2) is 0 Å². The number of hydrogen-bond donors (Lipinski definition) is 1. The van der Waals surface area contributed by atoms with E-state index in [1.165, 1.54) is 25.7 Å². The van der Waals surface area contributed by atoms with E-state index in [1.54, 1.807) is 0 Å². The molecule has 0 bridgehead atoms. The van der Waals surface area contributed by atoms with Crippen LogP contribution in [0.4, 0.5) is 0 Å². The number of ether oxygens (including phenoxy) is 1. The average molecular weight is 270 g/mol. The van der Waals surface area contributed by atoms with Crippen LogP contribution in [-0.2, 0) is 9.53 Å². The molecule has 1 rings (SSSR count). The monoisotopic (exact) mass is 270 g/mol. The Bertz CT molecular complexity index is 238. The van der Waals surface area contributed by atoms with Gasteiger partial charge < -0.3 is 15.0 Å². The van der Waals surface area contributed by atoms with E-state index < -0.39 is 0 Å². The maximum Gasteiger partial charge on any atom is 0.248 e. The van der Waals surface area contributed by atoms with Gasteiger partial charge in [0.25, 0.3) is 0 Å². The number of rotatable bonds is 8. The summed E-state index contributed by atoms with van der Waals surface area (Å²) in [5, 5.41) is 3.30. The topological polar surface area (TPSA) is 41.6 Å². The number of hydrogen-bond acceptors (Lipinski definition) is 3. The van der Waals surface area contributed by atoms with Crippen LogP contribution >= 0.6 is 0 Å². The predicted molar refractivity (Wildman–Crippen MR) is 78.2 cm³/mol. The van der Waals surface area contributed by atoms with Gasteiger partial charge in [-0.1, -0.05) is 32.6 Å². The van der Waals surface area contributed by atoms with Gasteiger partial charge in [0.05, 0.1) is 6.10 Å². The minimum Gasteiger partial charge on any atom is -0.369 e. The highest BCUT2D eigenvalue weighted by molar-refractivity contribution is 5.77. The van der Waals surface area contributed by atoms with E-state index in [2.05, 4.69) is 19.2 Å². The van der Waals surface area contributed by atoms with Crippen LogP contribution in [-0.4, -0.2) is 49.7 Å². The first-order chi connectivity index (χ1) is 9.24. The average Bonchev–Trinajstić information content (AvgIpc) is 2.70. The fraction of sp³-hybridized carbons (Fsp3) is 0.933. The normalized spacial score (nSPS) is 18.1. The first-order valence-corrected chi connectivity index (χ1v) is 7.84. The van der Waals surface area contributed by atoms with Crippen LogP contribution in [0.25, 0.3) is 0 Å². The Morgan fingerprint density at radius 1 is 1.26 bits per heavy atom. The van der Waals surface area contributed by atoms with E-state index in [9.17, 15) is 4.79 Å². The standard InChI is InChI=1S/C15H30N2O2/c1-3-4-5-6-8-14(2)19-13-15(18)17-11-7-9-16-10-12-17/h14,16H,3-13H2,1-2H3. The highest BCUT2D eigenvalue weighted by Crippen LogP contribution is 2.08. The highest BCUT2D eigenvalue weighted by Gasteiger charge is 2.16. The number of carbonyl (C=O) groups excluding carboxylic acids is 1. The van der Waals surface area contributed by atoms with Crippen molar-refractivity contribution in [3.63, 3.8) is 0 Å². The Morgan fingerprint density at radius 2 is 2.11 bits per heavy atom.